The van der Waals surface area contributed by atoms with Crippen molar-refractivity contribution >= 4 is 21.2 Å². The first-order chi connectivity index (χ1) is 18.0. The third kappa shape index (κ3) is 4.43. The van der Waals surface area contributed by atoms with E-state index in [1.807, 2.05) is 17.1 Å². The minimum absolute atomic E-state index is 0.0102. The maximum absolute atomic E-state index is 13.7. The minimum Gasteiger partial charge on any atom is -0.392 e. The lowest BCUT2D eigenvalue weighted by Crippen LogP contribution is -2.58. The van der Waals surface area contributed by atoms with Gasteiger partial charge in [-0.25, -0.2) is 8.42 Å². The van der Waals surface area contributed by atoms with Gasteiger partial charge in [0.2, 0.25) is 0 Å². The lowest BCUT2D eigenvalue weighted by atomic mass is 9.81. The van der Waals surface area contributed by atoms with E-state index in [2.05, 4.69) is 16.9 Å². The summed E-state index contributed by atoms with van der Waals surface area (Å²) >= 11 is 0.741. The topological polar surface area (TPSA) is 93.9 Å². The van der Waals surface area contributed by atoms with Gasteiger partial charge in [0.25, 0.3) is 0 Å². The van der Waals surface area contributed by atoms with Gasteiger partial charge in [-0.15, -0.1) is 11.3 Å². The minimum atomic E-state index is -4.50. The first kappa shape index (κ1) is 26.7. The summed E-state index contributed by atoms with van der Waals surface area (Å²) in [5, 5.41) is 14.3. The van der Waals surface area contributed by atoms with E-state index in [0.717, 1.165) is 16.9 Å². The highest BCUT2D eigenvalue weighted by Gasteiger charge is 2.53. The average Bonchev–Trinajstić information content (AvgIpc) is 3.45. The number of nitrogens with zero attached hydrogens (tertiary/aromatic N) is 3. The number of aromatic nitrogens is 2. The Morgan fingerprint density at radius 2 is 2.00 bits per heavy atom. The third-order valence-electron chi connectivity index (χ3n) is 8.90. The zero-order valence-corrected chi connectivity index (χ0v) is 22.8. The van der Waals surface area contributed by atoms with Crippen LogP contribution in [-0.2, 0) is 50.7 Å². The Labute approximate surface area is 223 Å². The van der Waals surface area contributed by atoms with Crippen LogP contribution in [0.4, 0.5) is 13.2 Å². The summed E-state index contributed by atoms with van der Waals surface area (Å²) in [6.45, 7) is 3.63. The lowest BCUT2D eigenvalue weighted by Gasteiger charge is -2.51. The molecule has 0 radical (unpaired) electrons. The molecule has 0 saturated carbocycles. The van der Waals surface area contributed by atoms with Crippen LogP contribution in [0.25, 0.3) is 0 Å². The molecular formula is C25H32F3N3O5S2. The molecular weight excluding hydrogens is 543 g/mol. The van der Waals surface area contributed by atoms with Crippen LogP contribution in [0.3, 0.4) is 0 Å². The molecule has 0 bridgehead atoms. The number of rotatable bonds is 4. The van der Waals surface area contributed by atoms with Crippen molar-refractivity contribution in [3.63, 3.8) is 0 Å². The maximum Gasteiger partial charge on any atom is 0.425 e. The van der Waals surface area contributed by atoms with Crippen LogP contribution in [-0.4, -0.2) is 71.1 Å². The molecule has 2 spiro atoms. The molecule has 1 unspecified atom stereocenters. The number of halogens is 3. The van der Waals surface area contributed by atoms with Gasteiger partial charge in [-0.3, -0.25) is 9.58 Å². The summed E-state index contributed by atoms with van der Waals surface area (Å²) in [4.78, 5) is 2.23. The van der Waals surface area contributed by atoms with E-state index < -0.39 is 38.7 Å². The molecule has 0 aliphatic carbocycles. The highest BCUT2D eigenvalue weighted by Crippen LogP contribution is 2.52. The van der Waals surface area contributed by atoms with Crippen molar-refractivity contribution in [1.29, 1.82) is 0 Å². The van der Waals surface area contributed by atoms with Crippen LogP contribution in [0.5, 0.6) is 0 Å². The molecule has 8 nitrogen and oxygen atoms in total. The van der Waals surface area contributed by atoms with E-state index in [9.17, 15) is 26.7 Å². The first-order valence-corrected chi connectivity index (χ1v) is 15.7. The molecule has 2 aromatic heterocycles. The smallest absolute Gasteiger partial charge is 0.392 e. The molecule has 0 aromatic carbocycles. The lowest BCUT2D eigenvalue weighted by molar-refractivity contribution is -0.201. The van der Waals surface area contributed by atoms with Gasteiger partial charge in [0, 0.05) is 41.3 Å². The van der Waals surface area contributed by atoms with Gasteiger partial charge < -0.3 is 14.6 Å². The summed E-state index contributed by atoms with van der Waals surface area (Å²) in [7, 11) is -2.99. The van der Waals surface area contributed by atoms with Crippen LogP contribution in [0.1, 0.15) is 65.1 Å². The second-order valence-electron chi connectivity index (χ2n) is 11.1. The van der Waals surface area contributed by atoms with Crippen molar-refractivity contribution < 1.29 is 36.2 Å². The molecule has 38 heavy (non-hydrogen) atoms. The summed E-state index contributed by atoms with van der Waals surface area (Å²) in [5.74, 6) is 0.284. The Morgan fingerprint density at radius 1 is 1.24 bits per heavy atom. The van der Waals surface area contributed by atoms with E-state index >= 15 is 0 Å². The molecule has 6 heterocycles. The molecule has 3 fully saturated rings. The molecule has 2 aromatic rings. The number of sulfone groups is 1. The molecule has 1 N–H and O–H groups in total. The Balaban J connectivity index is 1.15. The Kier molecular flexibility index (Phi) is 6.51. The number of aliphatic hydroxyl groups is 1. The number of ether oxygens (including phenoxy) is 2. The fraction of sp³-hybridized carbons (Fsp3) is 0.720. The SMILES string of the molecule is C[C@H]1C[C@@]2(CCN1Cc1cnn(C3COC34CCS(=O)(=O)CC4)c1)OCCc1c2sc(C(F)(F)F)c1CO. The Morgan fingerprint density at radius 3 is 2.63 bits per heavy atom. The van der Waals surface area contributed by atoms with Gasteiger partial charge in [0.1, 0.15) is 16.5 Å². The fourth-order valence-corrected chi connectivity index (χ4v) is 9.63. The van der Waals surface area contributed by atoms with Crippen molar-refractivity contribution in [2.75, 3.05) is 31.3 Å². The Hall–Kier alpha value is -1.51. The van der Waals surface area contributed by atoms with Gasteiger partial charge in [0.05, 0.1) is 43.1 Å². The maximum atomic E-state index is 13.7. The number of aliphatic hydroxyl groups excluding tert-OH is 1. The van der Waals surface area contributed by atoms with Gasteiger partial charge >= 0.3 is 6.18 Å². The number of piperidine rings is 1. The number of fused-ring (bicyclic) bond motifs is 2. The van der Waals surface area contributed by atoms with Gasteiger partial charge in [-0.2, -0.15) is 18.3 Å². The number of likely N-dealkylation sites (tertiary alicyclic amines) is 1. The normalized spacial score (nSPS) is 30.9. The number of alkyl halides is 3. The largest absolute Gasteiger partial charge is 0.425 e. The second kappa shape index (κ2) is 9.27. The van der Waals surface area contributed by atoms with E-state index in [1.54, 1.807) is 0 Å². The molecule has 3 saturated heterocycles. The molecule has 210 valence electrons. The Bertz CT molecular complexity index is 1310. The van der Waals surface area contributed by atoms with Gasteiger partial charge in [0.15, 0.2) is 9.84 Å². The molecule has 0 amide bonds. The number of hydrogen-bond donors (Lipinski definition) is 1. The first-order valence-electron chi connectivity index (χ1n) is 13.0. The predicted octanol–water partition coefficient (Wildman–Crippen LogP) is 3.43. The molecule has 4 aliphatic heterocycles. The number of hydrogen-bond acceptors (Lipinski definition) is 8. The van der Waals surface area contributed by atoms with Gasteiger partial charge in [-0.1, -0.05) is 0 Å². The van der Waals surface area contributed by atoms with Crippen molar-refractivity contribution in [2.45, 2.75) is 81.6 Å². The van der Waals surface area contributed by atoms with E-state index in [1.165, 1.54) is 0 Å². The van der Waals surface area contributed by atoms with Crippen LogP contribution in [0.2, 0.25) is 0 Å². The second-order valence-corrected chi connectivity index (χ2v) is 14.4. The van der Waals surface area contributed by atoms with Gasteiger partial charge in [-0.05, 0) is 44.6 Å². The molecule has 13 heteroatoms. The summed E-state index contributed by atoms with van der Waals surface area (Å²) in [5.41, 5.74) is 0.435. The standard InChI is InChI=1S/C25H32F3N3O5S2/c1-16-10-24(21-18(2-7-35-24)19(14-32)22(37-21)25(26,27)28)3-6-30(16)12-17-11-29-31(13-17)20-15-36-23(20)4-8-38(33,34)9-5-23/h11,13,16,20,32H,2-10,12,14-15H2,1H3/t16-,20?,24+/m0/s1. The van der Waals surface area contributed by atoms with Crippen molar-refractivity contribution in [3.8, 4) is 0 Å². The summed E-state index contributed by atoms with van der Waals surface area (Å²) in [6, 6.07) is 0.0826. The number of thiophene rings is 1. The summed E-state index contributed by atoms with van der Waals surface area (Å²) < 4.78 is 78.9. The molecule has 4 aliphatic rings. The quantitative estimate of drug-likeness (QED) is 0.597. The molecule has 6 rings (SSSR count). The van der Waals surface area contributed by atoms with E-state index in [4.69, 9.17) is 9.47 Å². The van der Waals surface area contributed by atoms with Crippen LogP contribution in [0.15, 0.2) is 12.4 Å². The van der Waals surface area contributed by atoms with Crippen LogP contribution in [0, 0.1) is 0 Å². The van der Waals surface area contributed by atoms with Crippen LogP contribution < -0.4 is 0 Å². The monoisotopic (exact) mass is 575 g/mol. The zero-order chi connectivity index (χ0) is 26.9. The van der Waals surface area contributed by atoms with Crippen molar-refractivity contribution in [2.24, 2.45) is 0 Å². The third-order valence-corrected chi connectivity index (χ3v) is 12.1. The highest BCUT2D eigenvalue weighted by molar-refractivity contribution is 7.91. The van der Waals surface area contributed by atoms with Crippen molar-refractivity contribution in [1.82, 2.24) is 14.7 Å². The average molecular weight is 576 g/mol. The predicted molar refractivity (Wildman–Crippen MR) is 134 cm³/mol. The van der Waals surface area contributed by atoms with Crippen LogP contribution >= 0.6 is 11.3 Å². The van der Waals surface area contributed by atoms with E-state index in [-0.39, 0.29) is 29.2 Å². The fourth-order valence-electron chi connectivity index (χ4n) is 6.70. The highest BCUT2D eigenvalue weighted by atomic mass is 32.2. The summed E-state index contributed by atoms with van der Waals surface area (Å²) in [6.07, 6.45) is 1.85. The molecule has 3 atom stereocenters. The van der Waals surface area contributed by atoms with E-state index in [0.29, 0.717) is 68.8 Å². The zero-order valence-electron chi connectivity index (χ0n) is 21.2. The van der Waals surface area contributed by atoms with Crippen molar-refractivity contribution in [3.05, 3.63) is 38.8 Å².